The Hall–Kier alpha value is -3.02. The maximum absolute atomic E-state index is 14.5. The molecule has 0 unspecified atom stereocenters. The number of phenolic OH excluding ortho intramolecular Hbond substituents is 1. The van der Waals surface area contributed by atoms with Gasteiger partial charge >= 0.3 is 0 Å². The van der Waals surface area contributed by atoms with Crippen LogP contribution in [0.4, 0.5) is 8.78 Å². The molecule has 5 rings (SSSR count). The predicted octanol–water partition coefficient (Wildman–Crippen LogP) is 4.64. The number of aromatic nitrogens is 3. The van der Waals surface area contributed by atoms with Crippen molar-refractivity contribution in [3.63, 3.8) is 0 Å². The number of benzene rings is 2. The van der Waals surface area contributed by atoms with Gasteiger partial charge in [0.1, 0.15) is 17.4 Å². The van der Waals surface area contributed by atoms with E-state index in [0.29, 0.717) is 11.2 Å². The van der Waals surface area contributed by atoms with Crippen LogP contribution in [0.25, 0.3) is 33.1 Å². The number of nitrogens with zero attached hydrogens (tertiary/aromatic N) is 2. The number of pyridine rings is 1. The average molecular weight is 351 g/mol. The molecule has 2 aromatic carbocycles. The second-order valence-electron chi connectivity index (χ2n) is 6.70. The minimum absolute atomic E-state index is 0.171. The Balaban J connectivity index is 1.92. The Bertz CT molecular complexity index is 1160. The van der Waals surface area contributed by atoms with Crippen LogP contribution in [-0.4, -0.2) is 20.3 Å². The van der Waals surface area contributed by atoms with E-state index in [0.717, 1.165) is 65.2 Å². The van der Waals surface area contributed by atoms with Crippen molar-refractivity contribution in [3.05, 3.63) is 53.2 Å². The molecule has 1 aliphatic carbocycles. The van der Waals surface area contributed by atoms with Crippen molar-refractivity contribution in [2.24, 2.45) is 0 Å². The number of aryl methyl sites for hydroxylation is 1. The van der Waals surface area contributed by atoms with Crippen LogP contribution in [0, 0.1) is 11.6 Å². The van der Waals surface area contributed by atoms with Crippen molar-refractivity contribution >= 4 is 21.8 Å². The number of aromatic hydroxyl groups is 1. The minimum atomic E-state index is -0.800. The summed E-state index contributed by atoms with van der Waals surface area (Å²) in [7, 11) is 0. The summed E-state index contributed by atoms with van der Waals surface area (Å²) in [6.07, 6.45) is 5.32. The monoisotopic (exact) mass is 351 g/mol. The number of halogens is 2. The van der Waals surface area contributed by atoms with Crippen LogP contribution in [0.15, 0.2) is 30.5 Å². The fraction of sp³-hybridized carbons (Fsp3) is 0.200. The molecule has 0 saturated carbocycles. The summed E-state index contributed by atoms with van der Waals surface area (Å²) in [6.45, 7) is 0. The van der Waals surface area contributed by atoms with Gasteiger partial charge in [-0.3, -0.25) is 5.10 Å². The Labute approximate surface area is 147 Å². The molecule has 0 spiro atoms. The van der Waals surface area contributed by atoms with E-state index in [9.17, 15) is 13.9 Å². The van der Waals surface area contributed by atoms with Crippen LogP contribution in [-0.2, 0) is 12.8 Å². The van der Waals surface area contributed by atoms with Crippen molar-refractivity contribution in [2.75, 3.05) is 0 Å². The molecule has 0 aliphatic heterocycles. The highest BCUT2D eigenvalue weighted by molar-refractivity contribution is 6.07. The maximum Gasteiger partial charge on any atom is 0.139 e. The lowest BCUT2D eigenvalue weighted by Gasteiger charge is -2.22. The van der Waals surface area contributed by atoms with Crippen molar-refractivity contribution in [2.45, 2.75) is 25.7 Å². The second-order valence-corrected chi connectivity index (χ2v) is 6.70. The third kappa shape index (κ3) is 2.11. The van der Waals surface area contributed by atoms with Crippen LogP contribution < -0.4 is 0 Å². The first-order chi connectivity index (χ1) is 12.6. The third-order valence-electron chi connectivity index (χ3n) is 5.15. The summed E-state index contributed by atoms with van der Waals surface area (Å²) in [4.78, 5) is 4.64. The molecule has 1 aliphatic rings. The zero-order chi connectivity index (χ0) is 17.8. The Morgan fingerprint density at radius 1 is 1.00 bits per heavy atom. The fourth-order valence-corrected chi connectivity index (χ4v) is 4.04. The number of H-pyrrole nitrogens is 1. The topological polar surface area (TPSA) is 61.8 Å². The molecule has 0 radical (unpaired) electrons. The summed E-state index contributed by atoms with van der Waals surface area (Å²) >= 11 is 0. The van der Waals surface area contributed by atoms with Gasteiger partial charge in [-0.2, -0.15) is 5.10 Å². The van der Waals surface area contributed by atoms with Gasteiger partial charge in [-0.15, -0.1) is 0 Å². The van der Waals surface area contributed by atoms with Gasteiger partial charge in [-0.1, -0.05) is 0 Å². The first-order valence-electron chi connectivity index (χ1n) is 8.59. The number of nitrogens with one attached hydrogen (secondary N) is 1. The van der Waals surface area contributed by atoms with Gasteiger partial charge in [0.05, 0.1) is 28.5 Å². The molecular weight excluding hydrogens is 336 g/mol. The predicted molar refractivity (Wildman–Crippen MR) is 95.1 cm³/mol. The lowest BCUT2D eigenvalue weighted by molar-refractivity contribution is 0.461. The summed E-state index contributed by atoms with van der Waals surface area (Å²) in [5, 5.41) is 18.5. The lowest BCUT2D eigenvalue weighted by atomic mass is 9.85. The normalized spacial score (nSPS) is 14.1. The molecule has 26 heavy (non-hydrogen) atoms. The van der Waals surface area contributed by atoms with Gasteiger partial charge < -0.3 is 5.11 Å². The van der Waals surface area contributed by atoms with E-state index in [1.54, 1.807) is 6.20 Å². The molecule has 0 amide bonds. The molecule has 6 heteroatoms. The highest BCUT2D eigenvalue weighted by atomic mass is 19.1. The maximum atomic E-state index is 14.5. The highest BCUT2D eigenvalue weighted by Gasteiger charge is 2.24. The van der Waals surface area contributed by atoms with Gasteiger partial charge in [0, 0.05) is 22.9 Å². The first-order valence-corrected chi connectivity index (χ1v) is 8.59. The summed E-state index contributed by atoms with van der Waals surface area (Å²) < 4.78 is 29.0. The lowest BCUT2D eigenvalue weighted by Crippen LogP contribution is -2.09. The van der Waals surface area contributed by atoms with Gasteiger partial charge in [-0.05, 0) is 48.9 Å². The molecule has 0 fully saturated rings. The average Bonchev–Trinajstić information content (AvgIpc) is 3.09. The molecule has 130 valence electrons. The Kier molecular flexibility index (Phi) is 3.22. The van der Waals surface area contributed by atoms with E-state index in [4.69, 9.17) is 0 Å². The van der Waals surface area contributed by atoms with E-state index >= 15 is 0 Å². The molecule has 2 heterocycles. The smallest absolute Gasteiger partial charge is 0.139 e. The molecule has 4 aromatic rings. The van der Waals surface area contributed by atoms with Crippen molar-refractivity contribution in [3.8, 4) is 17.0 Å². The number of hydrogen-bond donors (Lipinski definition) is 2. The molecule has 2 N–H and O–H groups in total. The summed E-state index contributed by atoms with van der Waals surface area (Å²) in [5.41, 5.74) is 3.76. The molecule has 0 atom stereocenters. The zero-order valence-corrected chi connectivity index (χ0v) is 13.8. The summed E-state index contributed by atoms with van der Waals surface area (Å²) in [5.74, 6) is -2.03. The van der Waals surface area contributed by atoms with Gasteiger partial charge in [0.15, 0.2) is 0 Å². The highest BCUT2D eigenvalue weighted by Crippen LogP contribution is 2.39. The number of aromatic amines is 1. The number of fused-ring (bicyclic) bond motifs is 5. The van der Waals surface area contributed by atoms with Crippen LogP contribution in [0.1, 0.15) is 24.0 Å². The third-order valence-corrected chi connectivity index (χ3v) is 5.15. The van der Waals surface area contributed by atoms with Crippen LogP contribution in [0.5, 0.6) is 5.75 Å². The number of hydrogen-bond acceptors (Lipinski definition) is 3. The molecule has 4 nitrogen and oxygen atoms in total. The molecule has 0 bridgehead atoms. The van der Waals surface area contributed by atoms with E-state index in [1.807, 2.05) is 12.1 Å². The zero-order valence-electron chi connectivity index (χ0n) is 13.8. The SMILES string of the molecule is Oc1cc(F)c(-c2nc3ccc4[nH]ncc4c3c3c2CCCC3)c(F)c1. The first kappa shape index (κ1) is 15.3. The summed E-state index contributed by atoms with van der Waals surface area (Å²) in [6, 6.07) is 5.59. The molecular formula is C20H15F2N3O. The van der Waals surface area contributed by atoms with E-state index in [2.05, 4.69) is 15.2 Å². The van der Waals surface area contributed by atoms with Crippen molar-refractivity contribution in [1.82, 2.24) is 15.2 Å². The number of phenols is 1. The van der Waals surface area contributed by atoms with Crippen molar-refractivity contribution < 1.29 is 13.9 Å². The fourth-order valence-electron chi connectivity index (χ4n) is 4.04. The molecule has 0 saturated heterocycles. The Morgan fingerprint density at radius 3 is 2.50 bits per heavy atom. The van der Waals surface area contributed by atoms with Crippen LogP contribution >= 0.6 is 0 Å². The quantitative estimate of drug-likeness (QED) is 0.525. The van der Waals surface area contributed by atoms with Crippen LogP contribution in [0.2, 0.25) is 0 Å². The van der Waals surface area contributed by atoms with Gasteiger partial charge in [-0.25, -0.2) is 13.8 Å². The number of rotatable bonds is 1. The van der Waals surface area contributed by atoms with Crippen molar-refractivity contribution in [1.29, 1.82) is 0 Å². The second kappa shape index (κ2) is 5.49. The van der Waals surface area contributed by atoms with E-state index in [-0.39, 0.29) is 5.56 Å². The van der Waals surface area contributed by atoms with E-state index in [1.165, 1.54) is 0 Å². The minimum Gasteiger partial charge on any atom is -0.508 e. The molecule has 2 aromatic heterocycles. The Morgan fingerprint density at radius 2 is 1.73 bits per heavy atom. The van der Waals surface area contributed by atoms with Crippen LogP contribution in [0.3, 0.4) is 0 Å². The van der Waals surface area contributed by atoms with Gasteiger partial charge in [0.2, 0.25) is 0 Å². The largest absolute Gasteiger partial charge is 0.508 e. The van der Waals surface area contributed by atoms with Gasteiger partial charge in [0.25, 0.3) is 0 Å². The van der Waals surface area contributed by atoms with E-state index < -0.39 is 17.4 Å². The standard InChI is InChI=1S/C20H15F2N3O/c21-14-7-10(26)8-15(22)19(14)20-12-4-2-1-3-11(12)18-13-9-23-25-16(13)5-6-17(18)24-20/h5-9,26H,1-4H2,(H,23,25).